The van der Waals surface area contributed by atoms with E-state index in [1.165, 1.54) is 0 Å². The molecule has 0 aliphatic carbocycles. The van der Waals surface area contributed by atoms with Gasteiger partial charge in [-0.15, -0.1) is 0 Å². The first-order valence-corrected chi connectivity index (χ1v) is 5.70. The molecule has 0 radical (unpaired) electrons. The number of aliphatic hydroxyl groups is 1. The Bertz CT molecular complexity index is 211. The average molecular weight is 214 g/mol. The first-order valence-electron chi connectivity index (χ1n) is 5.70. The van der Waals surface area contributed by atoms with Crippen LogP contribution in [-0.2, 0) is 4.79 Å². The van der Waals surface area contributed by atoms with Crippen molar-refractivity contribution in [2.24, 2.45) is 11.1 Å². The zero-order chi connectivity index (χ0) is 11.3. The normalized spacial score (nSPS) is 20.3. The number of likely N-dealkylation sites (tertiary alicyclic amines) is 1. The maximum atomic E-state index is 11.2. The Balaban J connectivity index is 2.37. The lowest BCUT2D eigenvalue weighted by Crippen LogP contribution is -2.43. The Morgan fingerprint density at radius 1 is 1.47 bits per heavy atom. The molecule has 1 aliphatic heterocycles. The molecule has 0 aromatic carbocycles. The quantitative estimate of drug-likeness (QED) is 0.709. The zero-order valence-electron chi connectivity index (χ0n) is 9.54. The largest absolute Gasteiger partial charge is 0.387 e. The highest BCUT2D eigenvalue weighted by molar-refractivity contribution is 5.77. The van der Waals surface area contributed by atoms with Crippen LogP contribution in [0, 0.1) is 5.41 Å². The SMILES string of the molecule is CC1(CCCN)CCN(C(=O)CO)CC1. The lowest BCUT2D eigenvalue weighted by Gasteiger charge is -2.39. The molecule has 1 fully saturated rings. The van der Waals surface area contributed by atoms with Crippen molar-refractivity contribution in [3.8, 4) is 0 Å². The molecule has 4 heteroatoms. The highest BCUT2D eigenvalue weighted by Gasteiger charge is 2.30. The average Bonchev–Trinajstić information content (AvgIpc) is 2.26. The molecule has 15 heavy (non-hydrogen) atoms. The van der Waals surface area contributed by atoms with Gasteiger partial charge >= 0.3 is 0 Å². The summed E-state index contributed by atoms with van der Waals surface area (Å²) in [5.74, 6) is -0.143. The number of nitrogens with zero attached hydrogens (tertiary/aromatic N) is 1. The number of hydrogen-bond donors (Lipinski definition) is 2. The summed E-state index contributed by atoms with van der Waals surface area (Å²) in [6, 6.07) is 0. The van der Waals surface area contributed by atoms with Gasteiger partial charge in [0, 0.05) is 13.1 Å². The smallest absolute Gasteiger partial charge is 0.248 e. The van der Waals surface area contributed by atoms with Crippen LogP contribution in [0.25, 0.3) is 0 Å². The number of rotatable bonds is 4. The molecule has 4 nitrogen and oxygen atoms in total. The lowest BCUT2D eigenvalue weighted by atomic mass is 9.77. The Hall–Kier alpha value is -0.610. The van der Waals surface area contributed by atoms with Gasteiger partial charge in [-0.25, -0.2) is 0 Å². The molecule has 1 rings (SSSR count). The van der Waals surface area contributed by atoms with E-state index < -0.39 is 0 Å². The number of carbonyl (C=O) groups is 1. The summed E-state index contributed by atoms with van der Waals surface area (Å²) in [4.78, 5) is 13.0. The van der Waals surface area contributed by atoms with Crippen molar-refractivity contribution in [3.63, 3.8) is 0 Å². The highest BCUT2D eigenvalue weighted by Crippen LogP contribution is 2.35. The minimum Gasteiger partial charge on any atom is -0.387 e. The minimum absolute atomic E-state index is 0.143. The van der Waals surface area contributed by atoms with Crippen molar-refractivity contribution in [3.05, 3.63) is 0 Å². The van der Waals surface area contributed by atoms with Gasteiger partial charge in [-0.2, -0.15) is 0 Å². The third kappa shape index (κ3) is 3.47. The molecule has 0 saturated carbocycles. The van der Waals surface area contributed by atoms with E-state index in [-0.39, 0.29) is 12.5 Å². The molecule has 0 bridgehead atoms. The number of hydrogen-bond acceptors (Lipinski definition) is 3. The van der Waals surface area contributed by atoms with E-state index in [4.69, 9.17) is 10.8 Å². The summed E-state index contributed by atoms with van der Waals surface area (Å²) in [5.41, 5.74) is 5.84. The van der Waals surface area contributed by atoms with E-state index in [2.05, 4.69) is 6.92 Å². The number of carbonyl (C=O) groups excluding carboxylic acids is 1. The van der Waals surface area contributed by atoms with Crippen LogP contribution >= 0.6 is 0 Å². The van der Waals surface area contributed by atoms with Crippen LogP contribution in [0.3, 0.4) is 0 Å². The van der Waals surface area contributed by atoms with E-state index in [1.807, 2.05) is 0 Å². The van der Waals surface area contributed by atoms with Gasteiger partial charge in [-0.05, 0) is 37.6 Å². The summed E-state index contributed by atoms with van der Waals surface area (Å²) in [7, 11) is 0. The van der Waals surface area contributed by atoms with Crippen LogP contribution in [0.4, 0.5) is 0 Å². The fourth-order valence-corrected chi connectivity index (χ4v) is 2.17. The Kier molecular flexibility index (Phi) is 4.54. The van der Waals surface area contributed by atoms with Gasteiger partial charge in [-0.1, -0.05) is 6.92 Å². The van der Waals surface area contributed by atoms with Crippen molar-refractivity contribution >= 4 is 5.91 Å². The highest BCUT2D eigenvalue weighted by atomic mass is 16.3. The van der Waals surface area contributed by atoms with Crippen molar-refractivity contribution in [2.75, 3.05) is 26.2 Å². The summed E-state index contributed by atoms with van der Waals surface area (Å²) in [6.45, 7) is 4.21. The second-order valence-electron chi connectivity index (χ2n) is 4.74. The minimum atomic E-state index is -0.362. The van der Waals surface area contributed by atoms with Crippen LogP contribution in [0.1, 0.15) is 32.6 Å². The van der Waals surface area contributed by atoms with E-state index >= 15 is 0 Å². The molecule has 0 unspecified atom stereocenters. The standard InChI is InChI=1S/C11H22N2O2/c1-11(3-2-6-12)4-7-13(8-5-11)10(15)9-14/h14H,2-9,12H2,1H3. The molecule has 1 aliphatic rings. The fourth-order valence-electron chi connectivity index (χ4n) is 2.17. The predicted octanol–water partition coefficient (Wildman–Crippen LogP) is 0.346. The molecular weight excluding hydrogens is 192 g/mol. The third-order valence-corrected chi connectivity index (χ3v) is 3.44. The van der Waals surface area contributed by atoms with Crippen LogP contribution in [0.2, 0.25) is 0 Å². The van der Waals surface area contributed by atoms with Gasteiger partial charge in [0.2, 0.25) is 5.91 Å². The number of piperidine rings is 1. The molecule has 0 spiro atoms. The van der Waals surface area contributed by atoms with E-state index in [1.54, 1.807) is 4.90 Å². The molecule has 1 saturated heterocycles. The van der Waals surface area contributed by atoms with E-state index in [9.17, 15) is 4.79 Å². The number of amides is 1. The molecule has 0 aromatic rings. The monoisotopic (exact) mass is 214 g/mol. The van der Waals surface area contributed by atoms with Crippen molar-refractivity contribution < 1.29 is 9.90 Å². The van der Waals surface area contributed by atoms with Gasteiger partial charge in [0.1, 0.15) is 6.61 Å². The Morgan fingerprint density at radius 3 is 2.53 bits per heavy atom. The van der Waals surface area contributed by atoms with Gasteiger partial charge in [0.15, 0.2) is 0 Å². The van der Waals surface area contributed by atoms with Crippen molar-refractivity contribution in [1.29, 1.82) is 0 Å². The first-order chi connectivity index (χ1) is 7.11. The molecule has 0 aromatic heterocycles. The maximum absolute atomic E-state index is 11.2. The molecule has 0 atom stereocenters. The Morgan fingerprint density at radius 2 is 2.07 bits per heavy atom. The molecule has 88 valence electrons. The van der Waals surface area contributed by atoms with Crippen LogP contribution in [0.15, 0.2) is 0 Å². The van der Waals surface area contributed by atoms with E-state index in [0.29, 0.717) is 5.41 Å². The summed E-state index contributed by atoms with van der Waals surface area (Å²) in [5, 5.41) is 8.75. The summed E-state index contributed by atoms with van der Waals surface area (Å²) >= 11 is 0. The molecular formula is C11H22N2O2. The second kappa shape index (κ2) is 5.47. The number of nitrogens with two attached hydrogens (primary N) is 1. The predicted molar refractivity (Wildman–Crippen MR) is 59.3 cm³/mol. The lowest BCUT2D eigenvalue weighted by molar-refractivity contribution is -0.136. The first kappa shape index (κ1) is 12.5. The summed E-state index contributed by atoms with van der Waals surface area (Å²) < 4.78 is 0. The molecule has 1 heterocycles. The zero-order valence-corrected chi connectivity index (χ0v) is 9.54. The topological polar surface area (TPSA) is 66.6 Å². The van der Waals surface area contributed by atoms with Crippen molar-refractivity contribution in [1.82, 2.24) is 4.90 Å². The maximum Gasteiger partial charge on any atom is 0.248 e. The summed E-state index contributed by atoms with van der Waals surface area (Å²) in [6.07, 6.45) is 4.26. The van der Waals surface area contributed by atoms with Gasteiger partial charge in [0.05, 0.1) is 0 Å². The van der Waals surface area contributed by atoms with Crippen molar-refractivity contribution in [2.45, 2.75) is 32.6 Å². The van der Waals surface area contributed by atoms with Gasteiger partial charge in [0.25, 0.3) is 0 Å². The molecule has 1 amide bonds. The fraction of sp³-hybridized carbons (Fsp3) is 0.909. The molecule has 3 N–H and O–H groups in total. The van der Waals surface area contributed by atoms with Gasteiger partial charge in [-0.3, -0.25) is 4.79 Å². The second-order valence-corrected chi connectivity index (χ2v) is 4.74. The third-order valence-electron chi connectivity index (χ3n) is 3.44. The van der Waals surface area contributed by atoms with Crippen LogP contribution in [-0.4, -0.2) is 42.2 Å². The Labute approximate surface area is 91.4 Å². The van der Waals surface area contributed by atoms with Crippen LogP contribution in [0.5, 0.6) is 0 Å². The van der Waals surface area contributed by atoms with Crippen LogP contribution < -0.4 is 5.73 Å². The number of aliphatic hydroxyl groups excluding tert-OH is 1. The van der Waals surface area contributed by atoms with E-state index in [0.717, 1.165) is 45.3 Å². The van der Waals surface area contributed by atoms with Gasteiger partial charge < -0.3 is 15.7 Å².